The van der Waals surface area contributed by atoms with Crippen LogP contribution in [0.3, 0.4) is 0 Å². The van der Waals surface area contributed by atoms with Gasteiger partial charge in [-0.15, -0.1) is 0 Å². The molecule has 0 spiro atoms. The van der Waals surface area contributed by atoms with Crippen LogP contribution in [0.1, 0.15) is 41.5 Å². The Morgan fingerprint density at radius 3 is 2.18 bits per heavy atom. The first kappa shape index (κ1) is 14.0. The van der Waals surface area contributed by atoms with Gasteiger partial charge in [0.2, 0.25) is 0 Å². The Hall–Kier alpha value is -1.05. The molecule has 0 saturated carbocycles. The molecule has 0 radical (unpaired) electrons. The molecule has 17 heavy (non-hydrogen) atoms. The lowest BCUT2D eigenvalue weighted by Gasteiger charge is -2.46. The maximum absolute atomic E-state index is 7.91. The van der Waals surface area contributed by atoms with E-state index >= 15 is 0 Å². The lowest BCUT2D eigenvalue weighted by molar-refractivity contribution is 0.210. The van der Waals surface area contributed by atoms with E-state index in [1.807, 2.05) is 0 Å². The minimum atomic E-state index is -0.0289. The predicted octanol–water partition coefficient (Wildman–Crippen LogP) is 3.74. The molecule has 1 rings (SSSR count). The third-order valence-electron chi connectivity index (χ3n) is 4.34. The number of amidine groups is 1. The largest absolute Gasteiger partial charge is 0.387 e. The van der Waals surface area contributed by atoms with Crippen molar-refractivity contribution in [1.29, 1.82) is 5.41 Å². The molecule has 1 aliphatic rings. The first-order valence-corrected chi connectivity index (χ1v) is 6.45. The van der Waals surface area contributed by atoms with Crippen molar-refractivity contribution in [3.63, 3.8) is 0 Å². The second kappa shape index (κ2) is 4.67. The summed E-state index contributed by atoms with van der Waals surface area (Å²) in [6, 6.07) is 0. The molecule has 0 amide bonds. The van der Waals surface area contributed by atoms with E-state index in [0.717, 1.165) is 0 Å². The molecule has 0 aromatic carbocycles. The highest BCUT2D eigenvalue weighted by Crippen LogP contribution is 2.50. The normalized spacial score (nSPS) is 29.3. The van der Waals surface area contributed by atoms with Crippen molar-refractivity contribution in [2.24, 2.45) is 28.9 Å². The standard InChI is InChI=1S/C15H26N2/c1-9(2)12-8-7-11(5)13(14(16)17)15(12,6)10(3)4/h7-10,13H,1-6H3,(H3,16,17). The van der Waals surface area contributed by atoms with Gasteiger partial charge in [0.05, 0.1) is 5.84 Å². The van der Waals surface area contributed by atoms with Crippen LogP contribution >= 0.6 is 0 Å². The number of allylic oxidation sites excluding steroid dienone is 3. The van der Waals surface area contributed by atoms with Crippen molar-refractivity contribution in [1.82, 2.24) is 0 Å². The van der Waals surface area contributed by atoms with Gasteiger partial charge >= 0.3 is 0 Å². The molecule has 96 valence electrons. The average Bonchev–Trinajstić information content (AvgIpc) is 2.15. The van der Waals surface area contributed by atoms with Gasteiger partial charge in [-0.1, -0.05) is 57.9 Å². The van der Waals surface area contributed by atoms with Crippen molar-refractivity contribution in [3.8, 4) is 0 Å². The number of hydrogen-bond donors (Lipinski definition) is 2. The van der Waals surface area contributed by atoms with E-state index in [-0.39, 0.29) is 11.3 Å². The molecule has 2 nitrogen and oxygen atoms in total. The van der Waals surface area contributed by atoms with Crippen LogP contribution < -0.4 is 5.73 Å². The zero-order valence-corrected chi connectivity index (χ0v) is 12.0. The van der Waals surface area contributed by atoms with Crippen LogP contribution in [0.2, 0.25) is 0 Å². The van der Waals surface area contributed by atoms with Gasteiger partial charge in [-0.25, -0.2) is 0 Å². The third-order valence-corrected chi connectivity index (χ3v) is 4.34. The molecule has 0 aromatic rings. The van der Waals surface area contributed by atoms with E-state index in [1.165, 1.54) is 11.1 Å². The van der Waals surface area contributed by atoms with Gasteiger partial charge in [0.25, 0.3) is 0 Å². The Bertz CT molecular complexity index is 374. The number of rotatable bonds is 3. The predicted molar refractivity (Wildman–Crippen MR) is 75.0 cm³/mol. The second-order valence-electron chi connectivity index (χ2n) is 6.01. The summed E-state index contributed by atoms with van der Waals surface area (Å²) < 4.78 is 0. The molecule has 0 aliphatic heterocycles. The fourth-order valence-electron chi connectivity index (χ4n) is 3.19. The third kappa shape index (κ3) is 2.18. The van der Waals surface area contributed by atoms with Crippen LogP contribution in [0, 0.1) is 28.6 Å². The molecule has 0 fully saturated rings. The van der Waals surface area contributed by atoms with E-state index in [0.29, 0.717) is 17.7 Å². The first-order valence-electron chi connectivity index (χ1n) is 6.45. The zero-order valence-electron chi connectivity index (χ0n) is 12.0. The van der Waals surface area contributed by atoms with Crippen LogP contribution in [0.5, 0.6) is 0 Å². The number of nitrogens with two attached hydrogens (primary N) is 1. The Morgan fingerprint density at radius 1 is 1.29 bits per heavy atom. The molecular formula is C15H26N2. The Labute approximate surface area is 105 Å². The molecule has 0 bridgehead atoms. The van der Waals surface area contributed by atoms with Gasteiger partial charge in [0.1, 0.15) is 0 Å². The fourth-order valence-corrected chi connectivity index (χ4v) is 3.19. The van der Waals surface area contributed by atoms with Crippen molar-refractivity contribution in [2.45, 2.75) is 41.5 Å². The maximum atomic E-state index is 7.91. The summed E-state index contributed by atoms with van der Waals surface area (Å²) >= 11 is 0. The molecule has 3 N–H and O–H groups in total. The lowest BCUT2D eigenvalue weighted by atomic mass is 9.58. The van der Waals surface area contributed by atoms with E-state index in [4.69, 9.17) is 11.1 Å². The first-order chi connectivity index (χ1) is 7.72. The van der Waals surface area contributed by atoms with Gasteiger partial charge < -0.3 is 5.73 Å². The van der Waals surface area contributed by atoms with Crippen molar-refractivity contribution < 1.29 is 0 Å². The van der Waals surface area contributed by atoms with Gasteiger partial charge in [-0.3, -0.25) is 5.41 Å². The van der Waals surface area contributed by atoms with Crippen LogP contribution in [-0.2, 0) is 0 Å². The molecule has 1 aliphatic carbocycles. The topological polar surface area (TPSA) is 49.9 Å². The van der Waals surface area contributed by atoms with Gasteiger partial charge in [-0.2, -0.15) is 0 Å². The van der Waals surface area contributed by atoms with Crippen LogP contribution in [0.15, 0.2) is 23.3 Å². The van der Waals surface area contributed by atoms with E-state index in [1.54, 1.807) is 0 Å². The van der Waals surface area contributed by atoms with Gasteiger partial charge in [0.15, 0.2) is 0 Å². The lowest BCUT2D eigenvalue weighted by Crippen LogP contribution is -2.45. The van der Waals surface area contributed by atoms with Crippen LogP contribution in [0.4, 0.5) is 0 Å². The number of nitrogens with one attached hydrogen (secondary N) is 1. The molecule has 0 heterocycles. The Morgan fingerprint density at radius 2 is 1.82 bits per heavy atom. The van der Waals surface area contributed by atoms with Crippen molar-refractivity contribution in [3.05, 3.63) is 23.3 Å². The van der Waals surface area contributed by atoms with Crippen molar-refractivity contribution in [2.75, 3.05) is 0 Å². The number of hydrogen-bond acceptors (Lipinski definition) is 1. The van der Waals surface area contributed by atoms with Gasteiger partial charge in [-0.05, 0) is 18.8 Å². The Balaban J connectivity index is 3.38. The fraction of sp³-hybridized carbons (Fsp3) is 0.667. The Kier molecular flexibility index (Phi) is 3.85. The summed E-state index contributed by atoms with van der Waals surface area (Å²) in [6.07, 6.45) is 4.37. The summed E-state index contributed by atoms with van der Waals surface area (Å²) in [4.78, 5) is 0. The molecular weight excluding hydrogens is 208 g/mol. The summed E-state index contributed by atoms with van der Waals surface area (Å²) in [7, 11) is 0. The van der Waals surface area contributed by atoms with Gasteiger partial charge in [0, 0.05) is 11.3 Å². The van der Waals surface area contributed by atoms with E-state index < -0.39 is 0 Å². The summed E-state index contributed by atoms with van der Waals surface area (Å²) in [5.41, 5.74) is 8.44. The minimum Gasteiger partial charge on any atom is -0.387 e. The summed E-state index contributed by atoms with van der Waals surface area (Å²) in [6.45, 7) is 13.2. The SMILES string of the molecule is CC1=CC=C(C(C)C)C(C)(C(C)C)C1C(=N)N. The second-order valence-corrected chi connectivity index (χ2v) is 6.01. The average molecular weight is 234 g/mol. The van der Waals surface area contributed by atoms with E-state index in [2.05, 4.69) is 53.7 Å². The molecule has 2 atom stereocenters. The smallest absolute Gasteiger partial charge is 0.0987 e. The van der Waals surface area contributed by atoms with E-state index in [9.17, 15) is 0 Å². The quantitative estimate of drug-likeness (QED) is 0.567. The highest BCUT2D eigenvalue weighted by atomic mass is 14.7. The molecule has 0 aromatic heterocycles. The zero-order chi connectivity index (χ0) is 13.4. The van der Waals surface area contributed by atoms with Crippen LogP contribution in [0.25, 0.3) is 0 Å². The molecule has 2 unspecified atom stereocenters. The highest BCUT2D eigenvalue weighted by molar-refractivity contribution is 5.84. The summed E-state index contributed by atoms with van der Waals surface area (Å²) in [5.74, 6) is 1.30. The monoisotopic (exact) mass is 234 g/mol. The molecule has 0 saturated heterocycles. The minimum absolute atomic E-state index is 0.0289. The highest BCUT2D eigenvalue weighted by Gasteiger charge is 2.44. The maximum Gasteiger partial charge on any atom is 0.0987 e. The van der Waals surface area contributed by atoms with Crippen LogP contribution in [-0.4, -0.2) is 5.84 Å². The summed E-state index contributed by atoms with van der Waals surface area (Å²) in [5, 5.41) is 7.91. The molecule has 2 heteroatoms. The van der Waals surface area contributed by atoms with Crippen molar-refractivity contribution >= 4 is 5.84 Å².